The van der Waals surface area contributed by atoms with Gasteiger partial charge in [0.05, 0.1) is 0 Å². The Balaban J connectivity index is 1.33. The number of unbranched alkanes of at least 4 members (excludes halogenated alkanes) is 1. The van der Waals surface area contributed by atoms with Crippen LogP contribution in [0.3, 0.4) is 0 Å². The summed E-state index contributed by atoms with van der Waals surface area (Å²) in [5.41, 5.74) is 7.01. The summed E-state index contributed by atoms with van der Waals surface area (Å²) < 4.78 is 1.70. The average molecular weight is 403 g/mol. The first kappa shape index (κ1) is 20.2. The number of rotatable bonds is 10. The predicted octanol–water partition coefficient (Wildman–Crippen LogP) is 1.33. The van der Waals surface area contributed by atoms with Crippen LogP contribution in [-0.2, 0) is 6.54 Å². The molecule has 2 aromatic rings. The number of imidazole rings is 1. The fraction of sp³-hybridized carbons (Fsp3) is 0.750. The van der Waals surface area contributed by atoms with Gasteiger partial charge in [-0.25, -0.2) is 4.79 Å². The molecule has 1 saturated heterocycles. The van der Waals surface area contributed by atoms with Gasteiger partial charge in [0.1, 0.15) is 5.52 Å². The maximum absolute atomic E-state index is 12.4. The Kier molecular flexibility index (Phi) is 6.34. The lowest BCUT2D eigenvalue weighted by Crippen LogP contribution is -2.47. The van der Waals surface area contributed by atoms with Crippen LogP contribution in [0.1, 0.15) is 39.0 Å². The first-order chi connectivity index (χ1) is 14.1. The van der Waals surface area contributed by atoms with Gasteiger partial charge in [0.2, 0.25) is 5.95 Å². The van der Waals surface area contributed by atoms with Gasteiger partial charge in [0.15, 0.2) is 11.5 Å². The molecule has 1 saturated carbocycles. The van der Waals surface area contributed by atoms with Crippen molar-refractivity contribution in [3.05, 3.63) is 10.5 Å². The molecule has 1 aliphatic carbocycles. The molecule has 2 aromatic heterocycles. The summed E-state index contributed by atoms with van der Waals surface area (Å²) in [6.45, 7) is 10.4. The molecule has 4 rings (SSSR count). The van der Waals surface area contributed by atoms with E-state index in [1.54, 1.807) is 4.57 Å². The fourth-order valence-electron chi connectivity index (χ4n) is 4.03. The first-order valence-corrected chi connectivity index (χ1v) is 11.1. The minimum absolute atomic E-state index is 0.166. The summed E-state index contributed by atoms with van der Waals surface area (Å²) in [4.78, 5) is 29.2. The molecule has 0 unspecified atom stereocenters. The van der Waals surface area contributed by atoms with Crippen LogP contribution in [0.15, 0.2) is 4.79 Å². The Hall–Kier alpha value is -2.13. The van der Waals surface area contributed by atoms with Crippen LogP contribution in [0.4, 0.5) is 11.8 Å². The highest BCUT2D eigenvalue weighted by Crippen LogP contribution is 2.29. The van der Waals surface area contributed by atoms with Crippen molar-refractivity contribution in [2.45, 2.75) is 45.6 Å². The van der Waals surface area contributed by atoms with Crippen molar-refractivity contribution in [1.82, 2.24) is 29.3 Å². The lowest BCUT2D eigenvalue weighted by Gasteiger charge is -2.34. The molecule has 3 heterocycles. The maximum atomic E-state index is 12.4. The monoisotopic (exact) mass is 402 g/mol. The molecule has 2 fully saturated rings. The second-order valence-corrected chi connectivity index (χ2v) is 8.43. The molecule has 2 aliphatic rings. The van der Waals surface area contributed by atoms with Crippen molar-refractivity contribution in [3.8, 4) is 0 Å². The number of aromatic amines is 1. The smallest absolute Gasteiger partial charge is 0.327 e. The van der Waals surface area contributed by atoms with Crippen LogP contribution in [0.5, 0.6) is 0 Å². The van der Waals surface area contributed by atoms with Crippen molar-refractivity contribution in [1.29, 1.82) is 0 Å². The Morgan fingerprint density at radius 1 is 1.10 bits per heavy atom. The number of H-pyrrole nitrogens is 1. The molecule has 4 N–H and O–H groups in total. The zero-order valence-corrected chi connectivity index (χ0v) is 17.5. The molecule has 0 spiro atoms. The number of nitrogens with two attached hydrogens (primary N) is 1. The number of fused-ring (bicyclic) bond motifs is 1. The molecule has 0 radical (unpaired) electrons. The van der Waals surface area contributed by atoms with Crippen LogP contribution in [0, 0.1) is 5.92 Å². The van der Waals surface area contributed by atoms with Gasteiger partial charge in [0.25, 0.3) is 0 Å². The van der Waals surface area contributed by atoms with Crippen molar-refractivity contribution < 1.29 is 0 Å². The van der Waals surface area contributed by atoms with E-state index in [9.17, 15) is 4.79 Å². The van der Waals surface area contributed by atoms with Gasteiger partial charge < -0.3 is 25.8 Å². The lowest BCUT2D eigenvalue weighted by molar-refractivity contribution is 0.126. The summed E-state index contributed by atoms with van der Waals surface area (Å²) in [6, 6.07) is 0. The number of nitrogens with one attached hydrogen (secondary N) is 2. The molecule has 29 heavy (non-hydrogen) atoms. The molecule has 9 nitrogen and oxygen atoms in total. The Morgan fingerprint density at radius 2 is 1.86 bits per heavy atom. The number of aromatic nitrogens is 4. The number of hydrogen-bond acceptors (Lipinski definition) is 7. The quantitative estimate of drug-likeness (QED) is 0.515. The third-order valence-electron chi connectivity index (χ3n) is 6.00. The molecule has 0 amide bonds. The van der Waals surface area contributed by atoms with E-state index in [0.29, 0.717) is 29.5 Å². The van der Waals surface area contributed by atoms with Crippen molar-refractivity contribution in [2.75, 3.05) is 56.9 Å². The van der Waals surface area contributed by atoms with Crippen LogP contribution in [-0.4, -0.2) is 75.1 Å². The Morgan fingerprint density at radius 3 is 2.59 bits per heavy atom. The second kappa shape index (κ2) is 9.13. The summed E-state index contributed by atoms with van der Waals surface area (Å²) in [5, 5.41) is 3.20. The van der Waals surface area contributed by atoms with Gasteiger partial charge >= 0.3 is 5.69 Å². The molecule has 9 heteroatoms. The van der Waals surface area contributed by atoms with E-state index in [-0.39, 0.29) is 5.69 Å². The van der Waals surface area contributed by atoms with Gasteiger partial charge in [-0.05, 0) is 38.1 Å². The molecule has 0 aromatic carbocycles. The number of nitrogen functional groups attached to an aromatic ring is 1. The van der Waals surface area contributed by atoms with Gasteiger partial charge in [-0.3, -0.25) is 4.57 Å². The van der Waals surface area contributed by atoms with Crippen LogP contribution in [0.2, 0.25) is 0 Å². The zero-order chi connectivity index (χ0) is 20.2. The second-order valence-electron chi connectivity index (χ2n) is 8.43. The summed E-state index contributed by atoms with van der Waals surface area (Å²) in [6.07, 6.45) is 5.88. The van der Waals surface area contributed by atoms with E-state index in [0.717, 1.165) is 51.4 Å². The number of hydrogen-bond donors (Lipinski definition) is 3. The maximum Gasteiger partial charge on any atom is 0.327 e. The largest absolute Gasteiger partial charge is 0.382 e. The SMILES string of the molecule is CCCCNc1nc(N)c2[nH]c(=O)n(CCCN3CCN(CC4CC4)CC3)c2n1. The minimum atomic E-state index is -0.166. The molecule has 0 bridgehead atoms. The number of nitrogens with zero attached hydrogens (tertiary/aromatic N) is 5. The average Bonchev–Trinajstić information content (AvgIpc) is 3.47. The van der Waals surface area contributed by atoms with E-state index in [4.69, 9.17) is 5.73 Å². The van der Waals surface area contributed by atoms with Gasteiger partial charge in [-0.1, -0.05) is 13.3 Å². The van der Waals surface area contributed by atoms with Gasteiger partial charge in [-0.15, -0.1) is 0 Å². The highest BCUT2D eigenvalue weighted by Gasteiger charge is 2.26. The molecule has 0 atom stereocenters. The van der Waals surface area contributed by atoms with Gasteiger partial charge in [0, 0.05) is 45.8 Å². The van der Waals surface area contributed by atoms with E-state index in [1.165, 1.54) is 32.5 Å². The number of anilines is 2. The highest BCUT2D eigenvalue weighted by molar-refractivity contribution is 5.82. The molecular formula is C20H34N8O. The molecule has 1 aliphatic heterocycles. The Bertz CT molecular complexity index is 863. The first-order valence-electron chi connectivity index (χ1n) is 11.1. The van der Waals surface area contributed by atoms with Crippen LogP contribution >= 0.6 is 0 Å². The molecular weight excluding hydrogens is 368 g/mol. The lowest BCUT2D eigenvalue weighted by atomic mass is 10.2. The number of piperazine rings is 1. The summed E-state index contributed by atoms with van der Waals surface area (Å²) in [5.74, 6) is 1.77. The third-order valence-corrected chi connectivity index (χ3v) is 6.00. The predicted molar refractivity (Wildman–Crippen MR) is 116 cm³/mol. The van der Waals surface area contributed by atoms with Crippen LogP contribution in [0.25, 0.3) is 11.2 Å². The van der Waals surface area contributed by atoms with E-state index in [1.807, 2.05) is 0 Å². The van der Waals surface area contributed by atoms with E-state index in [2.05, 4.69) is 37.0 Å². The normalized spacial score (nSPS) is 18.5. The van der Waals surface area contributed by atoms with Gasteiger partial charge in [-0.2, -0.15) is 9.97 Å². The van der Waals surface area contributed by atoms with E-state index >= 15 is 0 Å². The van der Waals surface area contributed by atoms with Crippen molar-refractivity contribution >= 4 is 22.9 Å². The van der Waals surface area contributed by atoms with E-state index < -0.39 is 0 Å². The van der Waals surface area contributed by atoms with Crippen molar-refractivity contribution in [2.24, 2.45) is 5.92 Å². The zero-order valence-electron chi connectivity index (χ0n) is 17.5. The Labute approximate surface area is 171 Å². The fourth-order valence-corrected chi connectivity index (χ4v) is 4.03. The minimum Gasteiger partial charge on any atom is -0.382 e. The summed E-state index contributed by atoms with van der Waals surface area (Å²) >= 11 is 0. The number of aryl methyl sites for hydroxylation is 1. The molecule has 160 valence electrons. The standard InChI is InChI=1S/C20H34N8O/c1-2-3-7-22-19-24-17(21)16-18(25-19)28(20(29)23-16)9-4-8-26-10-12-27(13-11-26)14-15-5-6-15/h15H,2-14H2,1H3,(H,23,29)(H3,21,22,24,25). The third kappa shape index (κ3) is 5.08. The van der Waals surface area contributed by atoms with Crippen LogP contribution < -0.4 is 16.7 Å². The summed E-state index contributed by atoms with van der Waals surface area (Å²) in [7, 11) is 0. The topological polar surface area (TPSA) is 108 Å². The highest BCUT2D eigenvalue weighted by atomic mass is 16.1. The van der Waals surface area contributed by atoms with Crippen molar-refractivity contribution in [3.63, 3.8) is 0 Å².